The van der Waals surface area contributed by atoms with Gasteiger partial charge in [-0.25, -0.2) is 0 Å². The fourth-order valence-electron chi connectivity index (χ4n) is 2.16. The third-order valence-electron chi connectivity index (χ3n) is 3.22. The highest BCUT2D eigenvalue weighted by atomic mass is 79.9. The molecule has 106 valence electrons. The van der Waals surface area contributed by atoms with Gasteiger partial charge in [0, 0.05) is 10.6 Å². The highest BCUT2D eigenvalue weighted by Gasteiger charge is 2.39. The van der Waals surface area contributed by atoms with Crippen molar-refractivity contribution in [2.45, 2.75) is 11.8 Å². The maximum absolute atomic E-state index is 12.7. The monoisotopic (exact) mass is 374 g/mol. The fraction of sp³-hybridized carbons (Fsp3) is 0.267. The first-order valence-electron chi connectivity index (χ1n) is 5.98. The van der Waals surface area contributed by atoms with Crippen LogP contribution in [0, 0.1) is 5.92 Å². The number of rotatable bonds is 3. The molecule has 0 amide bonds. The Bertz CT molecular complexity index is 606. The van der Waals surface area contributed by atoms with E-state index >= 15 is 0 Å². The average molecular weight is 376 g/mol. The molecule has 0 spiro atoms. The van der Waals surface area contributed by atoms with Crippen molar-refractivity contribution >= 4 is 44.9 Å². The lowest BCUT2D eigenvalue weighted by Gasteiger charge is -2.30. The summed E-state index contributed by atoms with van der Waals surface area (Å²) in [6, 6.07) is 5.16. The van der Waals surface area contributed by atoms with E-state index in [0.717, 1.165) is 0 Å². The third-order valence-corrected chi connectivity index (χ3v) is 4.52. The molecule has 0 saturated carbocycles. The van der Waals surface area contributed by atoms with Crippen molar-refractivity contribution in [1.82, 2.24) is 0 Å². The van der Waals surface area contributed by atoms with E-state index in [1.165, 1.54) is 0 Å². The molecule has 0 aliphatic heterocycles. The molecule has 0 N–H and O–H groups in total. The molecule has 0 heterocycles. The van der Waals surface area contributed by atoms with Crippen LogP contribution in [0.2, 0.25) is 0 Å². The van der Waals surface area contributed by atoms with Gasteiger partial charge in [-0.3, -0.25) is 4.79 Å². The number of methoxy groups -OCH3 is 1. The Balaban J connectivity index is 2.38. The first kappa shape index (κ1) is 15.6. The number of hydrogen-bond acceptors (Lipinski definition) is 2. The van der Waals surface area contributed by atoms with Gasteiger partial charge in [0.25, 0.3) is 0 Å². The molecule has 2 nitrogen and oxygen atoms in total. The Morgan fingerprint density at radius 3 is 2.70 bits per heavy atom. The molecule has 0 radical (unpaired) electrons. The van der Waals surface area contributed by atoms with E-state index in [2.05, 4.69) is 15.9 Å². The Hall–Kier alpha value is -0.770. The van der Waals surface area contributed by atoms with Gasteiger partial charge in [0.2, 0.25) is 0 Å². The van der Waals surface area contributed by atoms with Gasteiger partial charge in [-0.05, 0) is 47.1 Å². The van der Waals surface area contributed by atoms with Crippen molar-refractivity contribution in [3.63, 3.8) is 0 Å². The van der Waals surface area contributed by atoms with Crippen LogP contribution in [0.1, 0.15) is 17.3 Å². The van der Waals surface area contributed by atoms with Crippen LogP contribution in [0.5, 0.6) is 5.75 Å². The maximum atomic E-state index is 12.7. The summed E-state index contributed by atoms with van der Waals surface area (Å²) in [4.78, 5) is 11.8. The van der Waals surface area contributed by atoms with E-state index in [1.807, 2.05) is 0 Å². The Labute approximate surface area is 136 Å². The minimum Gasteiger partial charge on any atom is -0.496 e. The van der Waals surface area contributed by atoms with Gasteiger partial charge < -0.3 is 4.74 Å². The van der Waals surface area contributed by atoms with E-state index < -0.39 is 10.8 Å². The van der Waals surface area contributed by atoms with Gasteiger partial charge in [-0.2, -0.15) is 0 Å². The van der Waals surface area contributed by atoms with Gasteiger partial charge in [0.15, 0.2) is 5.78 Å². The molecule has 1 aliphatic carbocycles. The zero-order chi connectivity index (χ0) is 14.9. The van der Waals surface area contributed by atoms with Crippen molar-refractivity contribution in [2.24, 2.45) is 5.92 Å². The van der Waals surface area contributed by atoms with Crippen LogP contribution in [-0.2, 0) is 0 Å². The minimum atomic E-state index is -0.824. The molecule has 0 fully saturated rings. The summed E-state index contributed by atoms with van der Waals surface area (Å²) in [5, 5.41) is 0.446. The topological polar surface area (TPSA) is 26.3 Å². The van der Waals surface area contributed by atoms with Gasteiger partial charge in [0.1, 0.15) is 5.75 Å². The second-order valence-electron chi connectivity index (χ2n) is 4.71. The molecule has 1 aromatic rings. The van der Waals surface area contributed by atoms with Crippen LogP contribution in [0.25, 0.3) is 0 Å². The molecule has 0 saturated heterocycles. The Kier molecular flexibility index (Phi) is 4.62. The number of alkyl halides is 1. The molecule has 1 aliphatic rings. The van der Waals surface area contributed by atoms with Crippen LogP contribution in [0.4, 0.5) is 0 Å². The van der Waals surface area contributed by atoms with Gasteiger partial charge in [-0.15, -0.1) is 11.6 Å². The standard InChI is InChI=1S/C15H13BrCl2O2/c1-15(18)7-3-4-11(17)13(15)14(19)9-5-6-12(20-2)10(16)8-9/h3-8,13H,1-2H3. The lowest BCUT2D eigenvalue weighted by atomic mass is 9.83. The molecule has 0 bridgehead atoms. The second-order valence-corrected chi connectivity index (χ2v) is 6.81. The molecule has 2 rings (SSSR count). The molecule has 2 atom stereocenters. The summed E-state index contributed by atoms with van der Waals surface area (Å²) >= 11 is 16.0. The molecule has 2 unspecified atom stereocenters. The fourth-order valence-corrected chi connectivity index (χ4v) is 3.44. The highest BCUT2D eigenvalue weighted by molar-refractivity contribution is 9.10. The quantitative estimate of drug-likeness (QED) is 0.552. The largest absolute Gasteiger partial charge is 0.496 e. The summed E-state index contributed by atoms with van der Waals surface area (Å²) in [7, 11) is 1.57. The second kappa shape index (κ2) is 5.92. The lowest BCUT2D eigenvalue weighted by molar-refractivity contribution is 0.0930. The summed E-state index contributed by atoms with van der Waals surface area (Å²) in [6.07, 6.45) is 5.25. The molecular weight excluding hydrogens is 363 g/mol. The summed E-state index contributed by atoms with van der Waals surface area (Å²) in [5.41, 5.74) is 0.538. The van der Waals surface area contributed by atoms with E-state index in [1.54, 1.807) is 50.5 Å². The highest BCUT2D eigenvalue weighted by Crippen LogP contribution is 2.40. The Morgan fingerprint density at radius 2 is 2.15 bits per heavy atom. The summed E-state index contributed by atoms with van der Waals surface area (Å²) in [6.45, 7) is 1.78. The van der Waals surface area contributed by atoms with Gasteiger partial charge >= 0.3 is 0 Å². The van der Waals surface area contributed by atoms with Crippen molar-refractivity contribution in [2.75, 3.05) is 7.11 Å². The number of ketones is 1. The van der Waals surface area contributed by atoms with E-state index in [0.29, 0.717) is 20.8 Å². The first-order valence-corrected chi connectivity index (χ1v) is 7.53. The number of ether oxygens (including phenoxy) is 1. The zero-order valence-electron chi connectivity index (χ0n) is 11.0. The number of carbonyl (C=O) groups excluding carboxylic acids is 1. The van der Waals surface area contributed by atoms with Crippen molar-refractivity contribution in [3.05, 3.63) is 51.5 Å². The number of hydrogen-bond donors (Lipinski definition) is 0. The number of benzene rings is 1. The van der Waals surface area contributed by atoms with E-state index in [-0.39, 0.29) is 5.78 Å². The lowest BCUT2D eigenvalue weighted by Crippen LogP contribution is -2.35. The average Bonchev–Trinajstić information content (AvgIpc) is 2.37. The van der Waals surface area contributed by atoms with Crippen LogP contribution in [-0.4, -0.2) is 17.8 Å². The van der Waals surface area contributed by atoms with Gasteiger partial charge in [0.05, 0.1) is 22.4 Å². The predicted molar refractivity (Wildman–Crippen MR) is 85.8 cm³/mol. The van der Waals surface area contributed by atoms with Crippen molar-refractivity contribution < 1.29 is 9.53 Å². The van der Waals surface area contributed by atoms with Crippen LogP contribution >= 0.6 is 39.1 Å². The maximum Gasteiger partial charge on any atom is 0.173 e. The minimum absolute atomic E-state index is 0.114. The SMILES string of the molecule is COc1ccc(C(=O)C2C(Cl)=CC=CC2(C)Cl)cc1Br. The first-order chi connectivity index (χ1) is 9.36. The molecule has 0 aromatic heterocycles. The van der Waals surface area contributed by atoms with E-state index in [4.69, 9.17) is 27.9 Å². The molecule has 20 heavy (non-hydrogen) atoms. The van der Waals surface area contributed by atoms with Crippen LogP contribution in [0.3, 0.4) is 0 Å². The van der Waals surface area contributed by atoms with Gasteiger partial charge in [-0.1, -0.05) is 23.8 Å². The van der Waals surface area contributed by atoms with E-state index in [9.17, 15) is 4.79 Å². The van der Waals surface area contributed by atoms with Crippen molar-refractivity contribution in [1.29, 1.82) is 0 Å². The number of Topliss-reactive ketones (excluding diaryl/α,β-unsaturated/α-hetero) is 1. The number of carbonyl (C=O) groups is 1. The van der Waals surface area contributed by atoms with Crippen LogP contribution < -0.4 is 4.74 Å². The molecule has 1 aromatic carbocycles. The zero-order valence-corrected chi connectivity index (χ0v) is 14.1. The number of allylic oxidation sites excluding steroid dienone is 4. The van der Waals surface area contributed by atoms with Crippen molar-refractivity contribution in [3.8, 4) is 5.75 Å². The third kappa shape index (κ3) is 2.95. The molecule has 5 heteroatoms. The molecular formula is C15H13BrCl2O2. The summed E-state index contributed by atoms with van der Waals surface area (Å²) < 4.78 is 5.87. The number of halogens is 3. The predicted octanol–water partition coefficient (Wildman–Crippen LogP) is 4.95. The Morgan fingerprint density at radius 1 is 1.45 bits per heavy atom. The normalized spacial score (nSPS) is 25.2. The van der Waals surface area contributed by atoms with Crippen LogP contribution in [0.15, 0.2) is 45.9 Å². The smallest absolute Gasteiger partial charge is 0.173 e. The summed E-state index contributed by atoms with van der Waals surface area (Å²) in [5.74, 6) is -0.0343.